The van der Waals surface area contributed by atoms with Crippen molar-refractivity contribution in [2.45, 2.75) is 19.9 Å². The van der Waals surface area contributed by atoms with Crippen LogP contribution >= 0.6 is 15.9 Å². The number of anilines is 1. The van der Waals surface area contributed by atoms with Gasteiger partial charge in [0.15, 0.2) is 0 Å². The molecule has 4 heteroatoms. The predicted octanol–water partition coefficient (Wildman–Crippen LogP) is 5.40. The lowest BCUT2D eigenvalue weighted by Gasteiger charge is -2.36. The summed E-state index contributed by atoms with van der Waals surface area (Å²) in [5, 5.41) is 0. The van der Waals surface area contributed by atoms with E-state index < -0.39 is 0 Å². The van der Waals surface area contributed by atoms with E-state index in [9.17, 15) is 4.79 Å². The van der Waals surface area contributed by atoms with Crippen LogP contribution < -0.4 is 4.90 Å². The maximum atomic E-state index is 12.6. The van der Waals surface area contributed by atoms with Crippen molar-refractivity contribution in [1.82, 2.24) is 0 Å². The van der Waals surface area contributed by atoms with Gasteiger partial charge in [-0.2, -0.15) is 0 Å². The van der Waals surface area contributed by atoms with Crippen LogP contribution in [0.15, 0.2) is 82.5 Å². The molecule has 1 aliphatic rings. The molecule has 2 aromatic rings. The number of carbonyl (C=O) groups is 1. The van der Waals surface area contributed by atoms with E-state index in [1.165, 1.54) is 0 Å². The largest absolute Gasteiger partial charge is 0.463 e. The molecule has 3 nitrogen and oxygen atoms in total. The Morgan fingerprint density at radius 3 is 2.48 bits per heavy atom. The first-order valence-corrected chi connectivity index (χ1v) is 9.06. The molecule has 0 N–H and O–H groups in total. The summed E-state index contributed by atoms with van der Waals surface area (Å²) in [6.07, 6.45) is 3.99. The maximum absolute atomic E-state index is 12.6. The second-order valence-corrected chi connectivity index (χ2v) is 6.72. The minimum absolute atomic E-state index is 0.234. The fourth-order valence-electron chi connectivity index (χ4n) is 3.04. The molecule has 0 aromatic heterocycles. The van der Waals surface area contributed by atoms with Gasteiger partial charge in [-0.25, -0.2) is 4.79 Å². The maximum Gasteiger partial charge on any atom is 0.336 e. The van der Waals surface area contributed by atoms with Crippen LogP contribution in [0.5, 0.6) is 0 Å². The molecule has 1 heterocycles. The molecule has 0 amide bonds. The smallest absolute Gasteiger partial charge is 0.336 e. The highest BCUT2D eigenvalue weighted by Gasteiger charge is 2.32. The van der Waals surface area contributed by atoms with Gasteiger partial charge in [0.1, 0.15) is 0 Å². The van der Waals surface area contributed by atoms with Gasteiger partial charge in [0.2, 0.25) is 0 Å². The van der Waals surface area contributed by atoms with Crippen molar-refractivity contribution in [2.24, 2.45) is 0 Å². The third kappa shape index (κ3) is 3.69. The minimum atomic E-state index is -0.277. The van der Waals surface area contributed by atoms with Crippen LogP contribution in [0, 0.1) is 0 Å². The molecular formula is C21H20BrNO2. The molecule has 0 saturated carbocycles. The van der Waals surface area contributed by atoms with Crippen molar-refractivity contribution in [2.75, 3.05) is 11.5 Å². The van der Waals surface area contributed by atoms with Crippen LogP contribution in [-0.4, -0.2) is 12.6 Å². The summed E-state index contributed by atoms with van der Waals surface area (Å²) in [6.45, 7) is 4.17. The molecule has 0 radical (unpaired) electrons. The first-order valence-electron chi connectivity index (χ1n) is 8.26. The number of para-hydroxylation sites is 1. The first-order chi connectivity index (χ1) is 12.1. The minimum Gasteiger partial charge on any atom is -0.463 e. The SMILES string of the molecule is CCOC(=O)C1=CC(C)=CN(c2ccccc2Br)C1c1ccccc1. The predicted molar refractivity (Wildman–Crippen MR) is 104 cm³/mol. The second kappa shape index (κ2) is 7.70. The van der Waals surface area contributed by atoms with E-state index in [0.29, 0.717) is 12.2 Å². The van der Waals surface area contributed by atoms with Gasteiger partial charge in [0, 0.05) is 10.7 Å². The molecule has 1 unspecified atom stereocenters. The van der Waals surface area contributed by atoms with Crippen molar-refractivity contribution < 1.29 is 9.53 Å². The van der Waals surface area contributed by atoms with Gasteiger partial charge in [-0.3, -0.25) is 0 Å². The van der Waals surface area contributed by atoms with Gasteiger partial charge in [-0.15, -0.1) is 0 Å². The van der Waals surface area contributed by atoms with Crippen LogP contribution in [-0.2, 0) is 9.53 Å². The fraction of sp³-hybridized carbons (Fsp3) is 0.190. The third-order valence-electron chi connectivity index (χ3n) is 4.06. The van der Waals surface area contributed by atoms with Gasteiger partial charge in [0.05, 0.1) is 23.9 Å². The lowest BCUT2D eigenvalue weighted by Crippen LogP contribution is -2.31. The Labute approximate surface area is 156 Å². The second-order valence-electron chi connectivity index (χ2n) is 5.87. The molecule has 1 atom stereocenters. The Hall–Kier alpha value is -2.33. The van der Waals surface area contributed by atoms with E-state index in [1.54, 1.807) is 0 Å². The number of esters is 1. The van der Waals surface area contributed by atoms with E-state index in [4.69, 9.17) is 4.74 Å². The molecule has 3 rings (SSSR count). The van der Waals surface area contributed by atoms with Gasteiger partial charge in [-0.1, -0.05) is 42.5 Å². The summed E-state index contributed by atoms with van der Waals surface area (Å²) < 4.78 is 6.30. The van der Waals surface area contributed by atoms with E-state index in [2.05, 4.69) is 27.0 Å². The average Bonchev–Trinajstić information content (AvgIpc) is 2.62. The van der Waals surface area contributed by atoms with Gasteiger partial charge in [0.25, 0.3) is 0 Å². The van der Waals surface area contributed by atoms with Crippen LogP contribution in [0.4, 0.5) is 5.69 Å². The molecule has 0 bridgehead atoms. The zero-order valence-electron chi connectivity index (χ0n) is 14.3. The standard InChI is InChI=1S/C21H20BrNO2/c1-3-25-21(24)17-13-15(2)14-23(19-12-8-7-11-18(19)22)20(17)16-9-5-4-6-10-16/h4-14,20H,3H2,1-2H3. The first kappa shape index (κ1) is 17.5. The number of carbonyl (C=O) groups excluding carboxylic acids is 1. The quantitative estimate of drug-likeness (QED) is 0.646. The van der Waals surface area contributed by atoms with Crippen LogP contribution in [0.25, 0.3) is 0 Å². The number of hydrogen-bond donors (Lipinski definition) is 0. The van der Waals surface area contributed by atoms with E-state index in [0.717, 1.165) is 21.3 Å². The van der Waals surface area contributed by atoms with Gasteiger partial charge in [-0.05, 0) is 59.1 Å². The number of rotatable bonds is 4. The Morgan fingerprint density at radius 1 is 1.12 bits per heavy atom. The Balaban J connectivity index is 2.14. The summed E-state index contributed by atoms with van der Waals surface area (Å²) in [4.78, 5) is 14.8. The molecule has 1 aliphatic heterocycles. The lowest BCUT2D eigenvalue weighted by atomic mass is 9.92. The van der Waals surface area contributed by atoms with E-state index >= 15 is 0 Å². The van der Waals surface area contributed by atoms with Gasteiger partial charge < -0.3 is 9.64 Å². The van der Waals surface area contributed by atoms with Crippen molar-refractivity contribution in [3.8, 4) is 0 Å². The highest BCUT2D eigenvalue weighted by Crippen LogP contribution is 2.40. The number of nitrogens with zero attached hydrogens (tertiary/aromatic N) is 1. The summed E-state index contributed by atoms with van der Waals surface area (Å²) in [7, 11) is 0. The number of ether oxygens (including phenoxy) is 1. The van der Waals surface area contributed by atoms with Crippen molar-refractivity contribution >= 4 is 27.6 Å². The number of allylic oxidation sites excluding steroid dienone is 2. The molecule has 0 spiro atoms. The summed E-state index contributed by atoms with van der Waals surface area (Å²) >= 11 is 3.63. The molecule has 0 fully saturated rings. The van der Waals surface area contributed by atoms with Crippen molar-refractivity contribution in [3.05, 3.63) is 88.1 Å². The molecule has 25 heavy (non-hydrogen) atoms. The Bertz CT molecular complexity index is 827. The monoisotopic (exact) mass is 397 g/mol. The number of halogens is 1. The van der Waals surface area contributed by atoms with E-state index in [1.807, 2.05) is 74.5 Å². The lowest BCUT2D eigenvalue weighted by molar-refractivity contribution is -0.138. The van der Waals surface area contributed by atoms with Crippen LogP contribution in [0.1, 0.15) is 25.5 Å². The zero-order chi connectivity index (χ0) is 17.8. The van der Waals surface area contributed by atoms with Crippen molar-refractivity contribution in [3.63, 3.8) is 0 Å². The van der Waals surface area contributed by atoms with Crippen LogP contribution in [0.2, 0.25) is 0 Å². The third-order valence-corrected chi connectivity index (χ3v) is 4.73. The molecule has 0 aliphatic carbocycles. The zero-order valence-corrected chi connectivity index (χ0v) is 15.9. The van der Waals surface area contributed by atoms with Gasteiger partial charge >= 0.3 is 5.97 Å². The summed E-state index contributed by atoms with van der Waals surface area (Å²) in [5.74, 6) is -0.277. The normalized spacial score (nSPS) is 16.9. The topological polar surface area (TPSA) is 29.5 Å². The Morgan fingerprint density at radius 2 is 1.80 bits per heavy atom. The molecule has 128 valence electrons. The average molecular weight is 398 g/mol. The Kier molecular flexibility index (Phi) is 5.39. The van der Waals surface area contributed by atoms with Crippen molar-refractivity contribution in [1.29, 1.82) is 0 Å². The van der Waals surface area contributed by atoms with Crippen LogP contribution in [0.3, 0.4) is 0 Å². The van der Waals surface area contributed by atoms with E-state index in [-0.39, 0.29) is 12.0 Å². The summed E-state index contributed by atoms with van der Waals surface area (Å²) in [6, 6.07) is 17.8. The summed E-state index contributed by atoms with van der Waals surface area (Å²) in [5.41, 5.74) is 3.70. The molecule has 2 aromatic carbocycles. The molecule has 0 saturated heterocycles. The fourth-order valence-corrected chi connectivity index (χ4v) is 3.53. The highest BCUT2D eigenvalue weighted by atomic mass is 79.9. The number of hydrogen-bond acceptors (Lipinski definition) is 3. The number of benzene rings is 2. The highest BCUT2D eigenvalue weighted by molar-refractivity contribution is 9.10. The molecular weight excluding hydrogens is 378 g/mol.